The average molecular weight is 486 g/mol. The molecule has 1 aliphatic rings. The first-order valence-electron chi connectivity index (χ1n) is 11.1. The first-order chi connectivity index (χ1) is 16.2. The number of ether oxygens (including phenoxy) is 2. The zero-order chi connectivity index (χ0) is 26.5. The molecule has 0 spiro atoms. The third-order valence-corrected chi connectivity index (χ3v) is 8.83. The molecule has 8 nitrogen and oxygen atoms in total. The Kier molecular flexibility index (Phi) is 7.10. The topological polar surface area (TPSA) is 122 Å². The van der Waals surface area contributed by atoms with Crippen LogP contribution in [0.3, 0.4) is 0 Å². The minimum absolute atomic E-state index is 0.290. The first kappa shape index (κ1) is 26.7. The lowest BCUT2D eigenvalue weighted by atomic mass is 9.53. The minimum Gasteiger partial charge on any atom is -0.465 e. The van der Waals surface area contributed by atoms with E-state index in [1.165, 1.54) is 31.4 Å². The van der Waals surface area contributed by atoms with Crippen LogP contribution < -0.4 is 33.0 Å². The van der Waals surface area contributed by atoms with Crippen LogP contribution in [0.4, 0.5) is 0 Å². The van der Waals surface area contributed by atoms with Gasteiger partial charge in [-0.1, -0.05) is 28.6 Å². The fraction of sp³-hybridized carbons (Fsp3) is 0.158. The van der Waals surface area contributed by atoms with E-state index < -0.39 is 44.2 Å². The summed E-state index contributed by atoms with van der Waals surface area (Å²) in [7, 11) is 9.65. The van der Waals surface area contributed by atoms with Gasteiger partial charge < -0.3 is 19.4 Å². The van der Waals surface area contributed by atoms with E-state index in [2.05, 4.69) is 4.74 Å². The molecule has 0 saturated heterocycles. The van der Waals surface area contributed by atoms with Crippen LogP contribution in [0, 0.1) is 0 Å². The number of benzene rings is 2. The Balaban J connectivity index is 1.94. The second kappa shape index (κ2) is 9.30. The predicted octanol–water partition coefficient (Wildman–Crippen LogP) is -9.04. The number of carbonyl (C=O) groups excluding carboxylic acids is 2. The molecule has 0 bridgehead atoms. The SMILES string of the molecule is Bc1c(B)c(B)c(C(B)(B)S(=O)(=O)OC2=C(N)OC(c3ccc(C(=O)OC)cc3)C2=O)c(B)c1B. The molecule has 0 aliphatic carbocycles. The van der Waals surface area contributed by atoms with Crippen LogP contribution in [0.25, 0.3) is 0 Å². The quantitative estimate of drug-likeness (QED) is 0.243. The van der Waals surface area contributed by atoms with E-state index in [0.29, 0.717) is 11.1 Å². The van der Waals surface area contributed by atoms with Crippen molar-refractivity contribution in [2.24, 2.45) is 5.73 Å². The molecule has 16 heteroatoms. The molecule has 35 heavy (non-hydrogen) atoms. The molecular formula is C19H24B7NO7S. The van der Waals surface area contributed by atoms with E-state index in [0.717, 1.165) is 27.3 Å². The van der Waals surface area contributed by atoms with Gasteiger partial charge in [-0.25, -0.2) is 4.79 Å². The second-order valence-corrected chi connectivity index (χ2v) is 11.3. The maximum atomic E-state index is 13.5. The van der Waals surface area contributed by atoms with Gasteiger partial charge in [0.2, 0.25) is 17.4 Å². The normalized spacial score (nSPS) is 16.1. The van der Waals surface area contributed by atoms with Crippen LogP contribution >= 0.6 is 0 Å². The van der Waals surface area contributed by atoms with Gasteiger partial charge >= 0.3 is 16.1 Å². The van der Waals surface area contributed by atoms with Crippen molar-refractivity contribution in [1.82, 2.24) is 0 Å². The zero-order valence-corrected chi connectivity index (χ0v) is 22.0. The largest absolute Gasteiger partial charge is 0.465 e. The average Bonchev–Trinajstić information content (AvgIpc) is 3.08. The van der Waals surface area contributed by atoms with Gasteiger partial charge in [-0.3, -0.25) is 4.79 Å². The molecule has 2 aromatic carbocycles. The Morgan fingerprint density at radius 2 is 1.46 bits per heavy atom. The number of carbonyl (C=O) groups is 2. The number of methoxy groups -OCH3 is 1. The summed E-state index contributed by atoms with van der Waals surface area (Å²) in [6.45, 7) is 0. The van der Waals surface area contributed by atoms with Gasteiger partial charge in [0.05, 0.1) is 17.2 Å². The van der Waals surface area contributed by atoms with E-state index in [9.17, 15) is 18.0 Å². The minimum atomic E-state index is -4.38. The molecule has 1 unspecified atom stereocenters. The van der Waals surface area contributed by atoms with Crippen molar-refractivity contribution in [3.63, 3.8) is 0 Å². The number of nitrogens with two attached hydrogens (primary N) is 1. The molecule has 0 radical (unpaired) electrons. The molecule has 0 aromatic heterocycles. The molecule has 2 N–H and O–H groups in total. The number of rotatable bonds is 6. The summed E-state index contributed by atoms with van der Waals surface area (Å²) in [6, 6.07) is 5.96. The Hall–Kier alpha value is -2.88. The highest BCUT2D eigenvalue weighted by atomic mass is 32.2. The molecule has 3 rings (SSSR count). The fourth-order valence-corrected chi connectivity index (χ4v) is 5.58. The van der Waals surface area contributed by atoms with Crippen LogP contribution in [0.5, 0.6) is 0 Å². The standard InChI is InChI=1S/C19H24B7NO7S/c1-32-18(29)7-4-2-6(3-5-7)15-14(28)16(17(27)33-15)34-35(30,31)19(25,26)8-9(20)11(22)13(24)12(23)10(8)21/h2-5,15H,20-27H2,1H3. The highest BCUT2D eigenvalue weighted by Gasteiger charge is 2.45. The van der Waals surface area contributed by atoms with Crippen molar-refractivity contribution in [1.29, 1.82) is 0 Å². The van der Waals surface area contributed by atoms with E-state index in [-0.39, 0.29) is 5.56 Å². The Morgan fingerprint density at radius 3 is 1.94 bits per heavy atom. The molecular weight excluding hydrogens is 462 g/mol. The smallest absolute Gasteiger partial charge is 0.337 e. The van der Waals surface area contributed by atoms with Gasteiger partial charge in [0, 0.05) is 5.56 Å². The van der Waals surface area contributed by atoms with Gasteiger partial charge in [0.25, 0.3) is 0 Å². The van der Waals surface area contributed by atoms with Crippen molar-refractivity contribution in [2.75, 3.05) is 7.11 Å². The highest BCUT2D eigenvalue weighted by molar-refractivity contribution is 7.90. The summed E-state index contributed by atoms with van der Waals surface area (Å²) >= 11 is 0. The zero-order valence-electron chi connectivity index (χ0n) is 21.2. The lowest BCUT2D eigenvalue weighted by Gasteiger charge is -2.32. The third-order valence-electron chi connectivity index (χ3n) is 6.99. The van der Waals surface area contributed by atoms with Crippen LogP contribution in [-0.2, 0) is 33.1 Å². The number of Topliss-reactive ketones (excluding diaryl/α,β-unsaturated/α-hetero) is 1. The molecule has 0 saturated carbocycles. The second-order valence-electron chi connectivity index (χ2n) is 9.22. The van der Waals surface area contributed by atoms with Crippen LogP contribution in [0.1, 0.15) is 27.6 Å². The van der Waals surface area contributed by atoms with Crippen molar-refractivity contribution in [2.45, 2.75) is 10.6 Å². The summed E-state index contributed by atoms with van der Waals surface area (Å²) < 4.78 is 41.1. The van der Waals surface area contributed by atoms with Crippen molar-refractivity contribution < 1.29 is 31.7 Å². The number of ketones is 1. The van der Waals surface area contributed by atoms with Gasteiger partial charge in [-0.15, -0.1) is 16.4 Å². The van der Waals surface area contributed by atoms with Gasteiger partial charge in [-0.05, 0) is 12.1 Å². The van der Waals surface area contributed by atoms with Crippen molar-refractivity contribution >= 4 is 104 Å². The van der Waals surface area contributed by atoms with Gasteiger partial charge in [0.15, 0.2) is 6.10 Å². The monoisotopic (exact) mass is 487 g/mol. The van der Waals surface area contributed by atoms with Crippen LogP contribution in [0.15, 0.2) is 35.9 Å². The highest BCUT2D eigenvalue weighted by Crippen LogP contribution is 2.34. The molecule has 2 aromatic rings. The van der Waals surface area contributed by atoms with Gasteiger partial charge in [0.1, 0.15) is 54.9 Å². The van der Waals surface area contributed by atoms with Gasteiger partial charge in [-0.2, -0.15) is 8.42 Å². The lowest BCUT2D eigenvalue weighted by Crippen LogP contribution is -2.60. The number of hydrogen-bond donors (Lipinski definition) is 1. The Morgan fingerprint density at radius 1 is 0.971 bits per heavy atom. The van der Waals surface area contributed by atoms with E-state index in [1.807, 2.05) is 39.2 Å². The van der Waals surface area contributed by atoms with Crippen LogP contribution in [0.2, 0.25) is 0 Å². The molecule has 1 atom stereocenters. The molecule has 174 valence electrons. The number of esters is 1. The van der Waals surface area contributed by atoms with Crippen LogP contribution in [-0.4, -0.2) is 82.2 Å². The van der Waals surface area contributed by atoms with E-state index in [1.54, 1.807) is 15.7 Å². The fourth-order valence-electron chi connectivity index (χ4n) is 4.43. The van der Waals surface area contributed by atoms with Crippen molar-refractivity contribution in [3.8, 4) is 0 Å². The summed E-state index contributed by atoms with van der Waals surface area (Å²) in [5.74, 6) is -2.23. The Bertz CT molecular complexity index is 1350. The van der Waals surface area contributed by atoms with Crippen molar-refractivity contribution in [3.05, 3.63) is 52.6 Å². The summed E-state index contributed by atoms with van der Waals surface area (Å²) in [5, 5.41) is 0. The molecule has 0 amide bonds. The summed E-state index contributed by atoms with van der Waals surface area (Å²) in [4.78, 5) is 24.7. The Labute approximate surface area is 211 Å². The maximum Gasteiger partial charge on any atom is 0.337 e. The summed E-state index contributed by atoms with van der Waals surface area (Å²) in [6.07, 6.45) is -1.19. The maximum absolute atomic E-state index is 13.5. The van der Waals surface area contributed by atoms with E-state index in [4.69, 9.17) is 14.7 Å². The molecule has 1 heterocycles. The number of hydrogen-bond acceptors (Lipinski definition) is 8. The lowest BCUT2D eigenvalue weighted by molar-refractivity contribution is -0.123. The summed E-state index contributed by atoms with van der Waals surface area (Å²) in [5.41, 5.74) is 12.0. The molecule has 1 aliphatic heterocycles. The predicted molar refractivity (Wildman–Crippen MR) is 154 cm³/mol. The first-order valence-corrected chi connectivity index (χ1v) is 12.5. The molecule has 0 fully saturated rings. The third kappa shape index (κ3) is 4.44. The van der Waals surface area contributed by atoms with E-state index >= 15 is 0 Å².